The maximum Gasteiger partial charge on any atom is 0.334 e. The number of nitrogens with zero attached hydrogens (tertiary/aromatic N) is 4. The van der Waals surface area contributed by atoms with Crippen molar-refractivity contribution in [2.24, 2.45) is 0 Å². The molecule has 2 heterocycles. The first-order valence-corrected chi connectivity index (χ1v) is 14.7. The van der Waals surface area contributed by atoms with Gasteiger partial charge in [-0.15, -0.1) is 0 Å². The fourth-order valence-corrected chi connectivity index (χ4v) is 6.17. The van der Waals surface area contributed by atoms with Crippen LogP contribution in [0.1, 0.15) is 34.2 Å². The first-order chi connectivity index (χ1) is 21.4. The molecule has 0 radical (unpaired) electrons. The van der Waals surface area contributed by atoms with Gasteiger partial charge in [0.2, 0.25) is 11.8 Å². The molecule has 2 atom stereocenters. The molecule has 8 nitrogen and oxygen atoms in total. The molecule has 4 aromatic carbocycles. The first-order valence-electron chi connectivity index (χ1n) is 14.7. The van der Waals surface area contributed by atoms with Gasteiger partial charge in [0.15, 0.2) is 0 Å². The number of amides is 4. The molecule has 1 N–H and O–H groups in total. The van der Waals surface area contributed by atoms with Crippen LogP contribution in [0.4, 0.5) is 9.18 Å². The molecule has 4 amide bonds. The predicted molar refractivity (Wildman–Crippen MR) is 164 cm³/mol. The predicted octanol–water partition coefficient (Wildman–Crippen LogP) is 4.77. The van der Waals surface area contributed by atoms with Crippen molar-refractivity contribution < 1.29 is 18.8 Å². The Morgan fingerprint density at radius 1 is 0.841 bits per heavy atom. The molecule has 0 aromatic heterocycles. The van der Waals surface area contributed by atoms with E-state index >= 15 is 0 Å². The third kappa shape index (κ3) is 5.91. The van der Waals surface area contributed by atoms with Crippen LogP contribution in [0.25, 0.3) is 0 Å². The number of urea groups is 1. The molecule has 0 aliphatic carbocycles. The van der Waals surface area contributed by atoms with Crippen molar-refractivity contribution in [3.8, 4) is 0 Å². The number of hydrogen-bond acceptors (Lipinski definition) is 4. The van der Waals surface area contributed by atoms with Gasteiger partial charge in [0.05, 0.1) is 13.1 Å². The van der Waals surface area contributed by atoms with Crippen LogP contribution in [0.3, 0.4) is 0 Å². The highest BCUT2D eigenvalue weighted by molar-refractivity contribution is 5.92. The second kappa shape index (κ2) is 12.7. The third-order valence-corrected chi connectivity index (χ3v) is 8.32. The minimum absolute atomic E-state index is 0.0618. The Bertz CT molecular complexity index is 1560. The molecule has 2 aliphatic rings. The summed E-state index contributed by atoms with van der Waals surface area (Å²) in [5.74, 6) is -0.895. The number of carbonyl (C=O) groups excluding carboxylic acids is 3. The lowest BCUT2D eigenvalue weighted by Crippen LogP contribution is -2.74. The van der Waals surface area contributed by atoms with Gasteiger partial charge < -0.3 is 15.1 Å². The van der Waals surface area contributed by atoms with Gasteiger partial charge in [-0.1, -0.05) is 103 Å². The van der Waals surface area contributed by atoms with E-state index in [-0.39, 0.29) is 43.2 Å². The van der Waals surface area contributed by atoms with Crippen molar-refractivity contribution in [1.29, 1.82) is 0 Å². The molecule has 2 fully saturated rings. The third-order valence-electron chi connectivity index (χ3n) is 8.32. The summed E-state index contributed by atoms with van der Waals surface area (Å²) in [6.07, 6.45) is -0.746. The minimum atomic E-state index is -0.893. The van der Waals surface area contributed by atoms with E-state index in [9.17, 15) is 18.8 Å². The fraction of sp³-hybridized carbons (Fsp3) is 0.229. The molecular formula is C35H34FN5O3. The van der Waals surface area contributed by atoms with Crippen molar-refractivity contribution in [3.05, 3.63) is 143 Å². The van der Waals surface area contributed by atoms with E-state index in [1.165, 1.54) is 17.1 Å². The second-order valence-electron chi connectivity index (χ2n) is 11.2. The van der Waals surface area contributed by atoms with Gasteiger partial charge in [-0.3, -0.25) is 9.59 Å². The SMILES string of the molecule is CN1CC(=O)N2[C@@H](c3ccccc3)C(=O)N(CC(c3ccccc3)c3ccccc3)C[C@@H]2N1C(=O)NCc1ccc(F)cc1. The molecule has 44 heavy (non-hydrogen) atoms. The van der Waals surface area contributed by atoms with Crippen LogP contribution in [-0.4, -0.2) is 70.5 Å². The molecule has 224 valence electrons. The van der Waals surface area contributed by atoms with Crippen LogP contribution >= 0.6 is 0 Å². The Hall–Kier alpha value is -5.02. The van der Waals surface area contributed by atoms with Crippen molar-refractivity contribution >= 4 is 17.8 Å². The summed E-state index contributed by atoms with van der Waals surface area (Å²) >= 11 is 0. The van der Waals surface area contributed by atoms with Crippen LogP contribution in [0.15, 0.2) is 115 Å². The maximum absolute atomic E-state index is 14.4. The number of halogens is 1. The Kier molecular flexibility index (Phi) is 8.38. The quantitative estimate of drug-likeness (QED) is 0.336. The highest BCUT2D eigenvalue weighted by Gasteiger charge is 2.51. The number of piperazine rings is 1. The normalized spacial score (nSPS) is 18.8. The van der Waals surface area contributed by atoms with E-state index in [0.29, 0.717) is 12.1 Å². The number of carbonyl (C=O) groups is 3. The number of benzene rings is 4. The first kappa shape index (κ1) is 29.1. The van der Waals surface area contributed by atoms with E-state index in [1.807, 2.05) is 66.7 Å². The Morgan fingerprint density at radius 2 is 1.41 bits per heavy atom. The zero-order valence-corrected chi connectivity index (χ0v) is 24.4. The van der Waals surface area contributed by atoms with E-state index in [0.717, 1.165) is 16.7 Å². The maximum atomic E-state index is 14.4. The molecule has 2 aliphatic heterocycles. The summed E-state index contributed by atoms with van der Waals surface area (Å²) in [6.45, 7) is 0.620. The summed E-state index contributed by atoms with van der Waals surface area (Å²) in [5.41, 5.74) is 3.56. The average molecular weight is 592 g/mol. The van der Waals surface area contributed by atoms with Crippen molar-refractivity contribution in [3.63, 3.8) is 0 Å². The lowest BCUT2D eigenvalue weighted by Gasteiger charge is -2.54. The summed E-state index contributed by atoms with van der Waals surface area (Å²) in [4.78, 5) is 45.1. The van der Waals surface area contributed by atoms with Gasteiger partial charge in [0.25, 0.3) is 0 Å². The van der Waals surface area contributed by atoms with E-state index in [2.05, 4.69) is 29.6 Å². The van der Waals surface area contributed by atoms with Gasteiger partial charge in [0.1, 0.15) is 18.0 Å². The fourth-order valence-electron chi connectivity index (χ4n) is 6.17. The number of hydrazine groups is 1. The zero-order chi connectivity index (χ0) is 30.6. The monoisotopic (exact) mass is 591 g/mol. The summed E-state index contributed by atoms with van der Waals surface area (Å²) in [7, 11) is 1.70. The number of likely N-dealkylation sites (N-methyl/N-ethyl adjacent to an activating group) is 1. The van der Waals surface area contributed by atoms with E-state index in [1.54, 1.807) is 34.0 Å². The summed E-state index contributed by atoms with van der Waals surface area (Å²) < 4.78 is 13.4. The van der Waals surface area contributed by atoms with Gasteiger partial charge in [-0.25, -0.2) is 19.2 Å². The van der Waals surface area contributed by atoms with Gasteiger partial charge in [-0.2, -0.15) is 0 Å². The van der Waals surface area contributed by atoms with Crippen LogP contribution in [0, 0.1) is 5.82 Å². The molecule has 0 bridgehead atoms. The largest absolute Gasteiger partial charge is 0.336 e. The number of nitrogens with one attached hydrogen (secondary N) is 1. The second-order valence-corrected chi connectivity index (χ2v) is 11.2. The highest BCUT2D eigenvalue weighted by atomic mass is 19.1. The van der Waals surface area contributed by atoms with Crippen molar-refractivity contribution in [2.75, 3.05) is 26.7 Å². The Labute approximate surface area is 256 Å². The number of hydrogen-bond donors (Lipinski definition) is 1. The summed E-state index contributed by atoms with van der Waals surface area (Å²) in [5, 5.41) is 6.05. The van der Waals surface area contributed by atoms with Gasteiger partial charge in [0, 0.05) is 26.1 Å². The smallest absolute Gasteiger partial charge is 0.334 e. The van der Waals surface area contributed by atoms with Crippen molar-refractivity contribution in [2.45, 2.75) is 24.7 Å². The van der Waals surface area contributed by atoms with E-state index in [4.69, 9.17) is 0 Å². The van der Waals surface area contributed by atoms with Gasteiger partial charge >= 0.3 is 6.03 Å². The lowest BCUT2D eigenvalue weighted by molar-refractivity contribution is -0.187. The molecule has 9 heteroatoms. The molecule has 4 aromatic rings. The number of rotatable bonds is 7. The van der Waals surface area contributed by atoms with Crippen LogP contribution in [0.2, 0.25) is 0 Å². The van der Waals surface area contributed by atoms with Gasteiger partial charge in [-0.05, 0) is 34.4 Å². The zero-order valence-electron chi connectivity index (χ0n) is 24.4. The molecular weight excluding hydrogens is 557 g/mol. The average Bonchev–Trinajstić information content (AvgIpc) is 3.05. The molecule has 0 unspecified atom stereocenters. The lowest BCUT2D eigenvalue weighted by atomic mass is 9.89. The van der Waals surface area contributed by atoms with Crippen molar-refractivity contribution in [1.82, 2.24) is 25.1 Å². The standard InChI is InChI=1S/C35H34FN5O3/c1-38-24-32(42)40-31(41(38)35(44)37-21-25-17-19-29(36)20-18-25)23-39(34(43)33(40)28-15-9-4-10-16-28)22-30(26-11-5-2-6-12-26)27-13-7-3-8-14-27/h2-20,30-31,33H,21-24H2,1H3,(H,37,44)/t31-,33-/m0/s1. The number of fused-ring (bicyclic) bond motifs is 1. The summed E-state index contributed by atoms with van der Waals surface area (Å²) in [6, 6.07) is 34.0. The molecule has 0 saturated carbocycles. The Morgan fingerprint density at radius 3 is 2.00 bits per heavy atom. The molecule has 6 rings (SSSR count). The van der Waals surface area contributed by atoms with E-state index < -0.39 is 18.2 Å². The van der Waals surface area contributed by atoms with Crippen LogP contribution < -0.4 is 5.32 Å². The molecule has 0 spiro atoms. The highest BCUT2D eigenvalue weighted by Crippen LogP contribution is 2.36. The van der Waals surface area contributed by atoms with Crippen LogP contribution in [0.5, 0.6) is 0 Å². The molecule has 2 saturated heterocycles. The minimum Gasteiger partial charge on any atom is -0.336 e. The Balaban J connectivity index is 1.36. The topological polar surface area (TPSA) is 76.2 Å². The van der Waals surface area contributed by atoms with Crippen LogP contribution in [-0.2, 0) is 16.1 Å².